The lowest BCUT2D eigenvalue weighted by atomic mass is 10.0. The Hall–Kier alpha value is -3.32. The molecule has 156 valence electrons. The molecule has 30 heavy (non-hydrogen) atoms. The maximum Gasteiger partial charge on any atom is 0.275 e. The van der Waals surface area contributed by atoms with Crippen molar-refractivity contribution in [2.75, 3.05) is 33.9 Å². The van der Waals surface area contributed by atoms with Crippen molar-refractivity contribution in [3.8, 4) is 28.3 Å². The van der Waals surface area contributed by atoms with Gasteiger partial charge in [-0.15, -0.1) is 0 Å². The van der Waals surface area contributed by atoms with E-state index in [1.165, 1.54) is 0 Å². The van der Waals surface area contributed by atoms with E-state index in [1.54, 1.807) is 23.8 Å². The zero-order valence-corrected chi connectivity index (χ0v) is 17.4. The molecule has 0 bridgehead atoms. The van der Waals surface area contributed by atoms with Crippen molar-refractivity contribution in [2.24, 2.45) is 0 Å². The molecule has 7 heteroatoms. The Balaban J connectivity index is 1.80. The molecule has 7 nitrogen and oxygen atoms in total. The second kappa shape index (κ2) is 8.59. The molecule has 1 atom stereocenters. The lowest BCUT2D eigenvalue weighted by Gasteiger charge is -2.30. The number of para-hydroxylation sites is 1. The highest BCUT2D eigenvalue weighted by Crippen LogP contribution is 2.34. The summed E-state index contributed by atoms with van der Waals surface area (Å²) in [6.45, 7) is 3.59. The highest BCUT2D eigenvalue weighted by molar-refractivity contribution is 5.99. The summed E-state index contributed by atoms with van der Waals surface area (Å²) in [5.74, 6) is 1.12. The number of hydrogen-bond donors (Lipinski definition) is 0. The summed E-state index contributed by atoms with van der Waals surface area (Å²) in [5, 5.41) is 4.67. The van der Waals surface area contributed by atoms with Crippen LogP contribution in [0, 0.1) is 0 Å². The van der Waals surface area contributed by atoms with Crippen LogP contribution in [0.2, 0.25) is 0 Å². The summed E-state index contributed by atoms with van der Waals surface area (Å²) in [4.78, 5) is 15.2. The molecule has 0 spiro atoms. The minimum absolute atomic E-state index is 0.00318. The van der Waals surface area contributed by atoms with Crippen LogP contribution in [-0.4, -0.2) is 60.6 Å². The van der Waals surface area contributed by atoms with Crippen LogP contribution in [-0.2, 0) is 4.74 Å². The van der Waals surface area contributed by atoms with E-state index in [9.17, 15) is 4.79 Å². The van der Waals surface area contributed by atoms with Gasteiger partial charge in [0.25, 0.3) is 5.91 Å². The summed E-state index contributed by atoms with van der Waals surface area (Å²) in [6.07, 6.45) is 1.89. The second-order valence-corrected chi connectivity index (χ2v) is 7.17. The Morgan fingerprint density at radius 2 is 1.87 bits per heavy atom. The maximum absolute atomic E-state index is 13.4. The van der Waals surface area contributed by atoms with E-state index in [2.05, 4.69) is 5.10 Å². The third-order valence-corrected chi connectivity index (χ3v) is 5.16. The van der Waals surface area contributed by atoms with E-state index in [0.717, 1.165) is 16.8 Å². The quantitative estimate of drug-likeness (QED) is 0.648. The van der Waals surface area contributed by atoms with Crippen molar-refractivity contribution < 1.29 is 19.0 Å². The van der Waals surface area contributed by atoms with Gasteiger partial charge in [0, 0.05) is 24.8 Å². The van der Waals surface area contributed by atoms with Crippen molar-refractivity contribution in [3.05, 3.63) is 60.4 Å². The Bertz CT molecular complexity index is 1030. The van der Waals surface area contributed by atoms with E-state index in [-0.39, 0.29) is 12.0 Å². The molecule has 0 saturated carbocycles. The molecule has 0 N–H and O–H groups in total. The smallest absolute Gasteiger partial charge is 0.275 e. The zero-order valence-electron chi connectivity index (χ0n) is 17.4. The van der Waals surface area contributed by atoms with Crippen molar-refractivity contribution in [1.29, 1.82) is 0 Å². The number of hydrogen-bond acceptors (Lipinski definition) is 5. The van der Waals surface area contributed by atoms with Crippen LogP contribution in [0.5, 0.6) is 11.5 Å². The summed E-state index contributed by atoms with van der Waals surface area (Å²) in [5.41, 5.74) is 2.86. The number of morpholine rings is 1. The van der Waals surface area contributed by atoms with E-state index in [4.69, 9.17) is 14.2 Å². The average Bonchev–Trinajstić information content (AvgIpc) is 3.24. The molecule has 1 aromatic heterocycles. The van der Waals surface area contributed by atoms with E-state index in [1.807, 2.05) is 61.7 Å². The molecule has 1 aliphatic rings. The highest BCUT2D eigenvalue weighted by atomic mass is 16.5. The summed E-state index contributed by atoms with van der Waals surface area (Å²) in [6, 6.07) is 15.3. The normalized spacial score (nSPS) is 16.4. The lowest BCUT2D eigenvalue weighted by Crippen LogP contribution is -2.44. The third-order valence-electron chi connectivity index (χ3n) is 5.16. The number of nitrogens with zero attached hydrogens (tertiary/aromatic N) is 3. The van der Waals surface area contributed by atoms with Crippen molar-refractivity contribution >= 4 is 5.91 Å². The fourth-order valence-corrected chi connectivity index (χ4v) is 3.61. The SMILES string of the molecule is COc1ccc(-c2cn(-c3ccccc3)nc2C(=O)N2CCO[C@H](C)C2)cc1OC. The minimum atomic E-state index is -0.107. The van der Waals surface area contributed by atoms with Gasteiger partial charge in [0.1, 0.15) is 0 Å². The van der Waals surface area contributed by atoms with Gasteiger partial charge in [-0.25, -0.2) is 4.68 Å². The number of carbonyl (C=O) groups excluding carboxylic acids is 1. The largest absolute Gasteiger partial charge is 0.493 e. The number of carbonyl (C=O) groups is 1. The molecule has 1 saturated heterocycles. The molecular weight excluding hydrogens is 382 g/mol. The first-order valence-electron chi connectivity index (χ1n) is 9.89. The molecule has 2 heterocycles. The monoisotopic (exact) mass is 407 g/mol. The maximum atomic E-state index is 13.4. The van der Waals surface area contributed by atoms with Crippen molar-refractivity contribution in [1.82, 2.24) is 14.7 Å². The molecule has 1 amide bonds. The van der Waals surface area contributed by atoms with Crippen LogP contribution in [0.15, 0.2) is 54.7 Å². The predicted molar refractivity (Wildman–Crippen MR) is 113 cm³/mol. The summed E-state index contributed by atoms with van der Waals surface area (Å²) >= 11 is 0. The minimum Gasteiger partial charge on any atom is -0.493 e. The third kappa shape index (κ3) is 3.89. The van der Waals surface area contributed by atoms with Gasteiger partial charge in [0.2, 0.25) is 0 Å². The van der Waals surface area contributed by atoms with Crippen molar-refractivity contribution in [3.63, 3.8) is 0 Å². The molecule has 1 fully saturated rings. The first-order chi connectivity index (χ1) is 14.6. The Kier molecular flexibility index (Phi) is 5.72. The second-order valence-electron chi connectivity index (χ2n) is 7.17. The fourth-order valence-electron chi connectivity index (χ4n) is 3.61. The zero-order chi connectivity index (χ0) is 21.1. The van der Waals surface area contributed by atoms with Gasteiger partial charge in [-0.05, 0) is 36.8 Å². The molecule has 4 rings (SSSR count). The topological polar surface area (TPSA) is 65.8 Å². The van der Waals surface area contributed by atoms with Crippen LogP contribution < -0.4 is 9.47 Å². The molecule has 0 radical (unpaired) electrons. The van der Waals surface area contributed by atoms with Gasteiger partial charge >= 0.3 is 0 Å². The van der Waals surface area contributed by atoms with Gasteiger partial charge in [0.05, 0.1) is 32.6 Å². The van der Waals surface area contributed by atoms with Gasteiger partial charge < -0.3 is 19.1 Å². The Morgan fingerprint density at radius 1 is 1.10 bits per heavy atom. The first-order valence-corrected chi connectivity index (χ1v) is 9.89. The molecule has 0 unspecified atom stereocenters. The number of methoxy groups -OCH3 is 2. The van der Waals surface area contributed by atoms with Crippen LogP contribution in [0.4, 0.5) is 0 Å². The summed E-state index contributed by atoms with van der Waals surface area (Å²) < 4.78 is 18.1. The number of aromatic nitrogens is 2. The van der Waals surface area contributed by atoms with Gasteiger partial charge in [-0.3, -0.25) is 4.79 Å². The van der Waals surface area contributed by atoms with Gasteiger partial charge in [0.15, 0.2) is 17.2 Å². The van der Waals surface area contributed by atoms with Crippen LogP contribution >= 0.6 is 0 Å². The van der Waals surface area contributed by atoms with Gasteiger partial charge in [-0.2, -0.15) is 5.10 Å². The van der Waals surface area contributed by atoms with E-state index >= 15 is 0 Å². The average molecular weight is 407 g/mol. The Morgan fingerprint density at radius 3 is 2.57 bits per heavy atom. The first kappa shape index (κ1) is 20.0. The molecule has 0 aliphatic carbocycles. The number of ether oxygens (including phenoxy) is 3. The molecule has 3 aromatic rings. The van der Waals surface area contributed by atoms with E-state index in [0.29, 0.717) is 36.9 Å². The van der Waals surface area contributed by atoms with Crippen molar-refractivity contribution in [2.45, 2.75) is 13.0 Å². The summed E-state index contributed by atoms with van der Waals surface area (Å²) in [7, 11) is 3.19. The molecular formula is C23H25N3O4. The van der Waals surface area contributed by atoms with Crippen LogP contribution in [0.25, 0.3) is 16.8 Å². The van der Waals surface area contributed by atoms with Gasteiger partial charge in [-0.1, -0.05) is 24.3 Å². The van der Waals surface area contributed by atoms with Crippen LogP contribution in [0.1, 0.15) is 17.4 Å². The molecule has 2 aromatic carbocycles. The molecule has 1 aliphatic heterocycles. The number of benzene rings is 2. The highest BCUT2D eigenvalue weighted by Gasteiger charge is 2.28. The number of rotatable bonds is 5. The fraction of sp³-hybridized carbons (Fsp3) is 0.304. The number of amides is 1. The standard InChI is InChI=1S/C23H25N3O4/c1-16-14-25(11-12-30-16)23(27)22-19(15-26(24-22)18-7-5-4-6-8-18)17-9-10-20(28-2)21(13-17)29-3/h4-10,13,15-16H,11-12,14H2,1-3H3/t16-/m1/s1. The lowest BCUT2D eigenvalue weighted by molar-refractivity contribution is -0.0126. The van der Waals surface area contributed by atoms with Crippen LogP contribution in [0.3, 0.4) is 0 Å². The predicted octanol–water partition coefficient (Wildman–Crippen LogP) is 3.42. The Labute approximate surface area is 175 Å². The van der Waals surface area contributed by atoms with E-state index < -0.39 is 0 Å².